The minimum absolute atomic E-state index is 0.0324. The summed E-state index contributed by atoms with van der Waals surface area (Å²) in [7, 11) is -0.0324. The zero-order valence-corrected chi connectivity index (χ0v) is 13.5. The van der Waals surface area contributed by atoms with Gasteiger partial charge in [-0.05, 0) is 45.6 Å². The van der Waals surface area contributed by atoms with Crippen molar-refractivity contribution in [2.45, 2.75) is 31.1 Å². The Hall–Kier alpha value is -1.21. The fraction of sp³-hybridized carbons (Fsp3) is 0.333. The van der Waals surface area contributed by atoms with Crippen molar-refractivity contribution in [3.63, 3.8) is 0 Å². The molecule has 0 nitrogen and oxygen atoms in total. The molecular weight excluding hydrogens is 248 g/mol. The lowest BCUT2D eigenvalue weighted by Gasteiger charge is -2.20. The second-order valence-corrected chi connectivity index (χ2v) is 8.58. The lowest BCUT2D eigenvalue weighted by atomic mass is 9.85. The van der Waals surface area contributed by atoms with Gasteiger partial charge in [0, 0.05) is 0 Å². The minimum Gasteiger partial charge on any atom is -0.233 e. The zero-order valence-electron chi connectivity index (χ0n) is 12.6. The van der Waals surface area contributed by atoms with E-state index in [1.807, 2.05) is 0 Å². The lowest BCUT2D eigenvalue weighted by Crippen LogP contribution is -2.10. The molecule has 0 N–H and O–H groups in total. The molecular formula is C18H24S. The quantitative estimate of drug-likeness (QED) is 0.707. The highest BCUT2D eigenvalue weighted by Gasteiger charge is 2.14. The fourth-order valence-electron chi connectivity index (χ4n) is 2.13. The Bertz CT molecular complexity index is 562. The van der Waals surface area contributed by atoms with Crippen LogP contribution in [0.4, 0.5) is 0 Å². The Morgan fingerprint density at radius 3 is 1.95 bits per heavy atom. The van der Waals surface area contributed by atoms with Crippen LogP contribution in [0.1, 0.15) is 26.3 Å². The van der Waals surface area contributed by atoms with E-state index < -0.39 is 0 Å². The standard InChI is InChI=1S/C18H24S/c1-18(2,3)16-10-6-8-14(12-16)15-9-7-11-17(13-15)19(4)5/h6-13,19H,1-5H3. The predicted molar refractivity (Wildman–Crippen MR) is 89.7 cm³/mol. The predicted octanol–water partition coefficient (Wildman–Crippen LogP) is 5.27. The second-order valence-electron chi connectivity index (χ2n) is 6.28. The van der Waals surface area contributed by atoms with E-state index in [1.165, 1.54) is 21.6 Å². The molecule has 0 aliphatic carbocycles. The van der Waals surface area contributed by atoms with E-state index in [9.17, 15) is 0 Å². The Labute approximate surface area is 120 Å². The molecule has 102 valence electrons. The third kappa shape index (κ3) is 3.42. The van der Waals surface area contributed by atoms with Crippen molar-refractivity contribution in [2.24, 2.45) is 0 Å². The average Bonchev–Trinajstić information content (AvgIpc) is 2.38. The van der Waals surface area contributed by atoms with Crippen LogP contribution in [0.25, 0.3) is 11.1 Å². The van der Waals surface area contributed by atoms with Crippen LogP contribution in [0, 0.1) is 0 Å². The minimum atomic E-state index is -0.0324. The first-order valence-electron chi connectivity index (χ1n) is 6.76. The Morgan fingerprint density at radius 1 is 0.789 bits per heavy atom. The molecule has 0 amide bonds. The maximum absolute atomic E-state index is 2.34. The van der Waals surface area contributed by atoms with Crippen LogP contribution >= 0.6 is 10.9 Å². The van der Waals surface area contributed by atoms with Gasteiger partial charge in [0.1, 0.15) is 0 Å². The highest BCUT2D eigenvalue weighted by Crippen LogP contribution is 2.33. The summed E-state index contributed by atoms with van der Waals surface area (Å²) in [4.78, 5) is 1.47. The van der Waals surface area contributed by atoms with Crippen LogP contribution < -0.4 is 0 Å². The van der Waals surface area contributed by atoms with Gasteiger partial charge in [-0.15, -0.1) is 0 Å². The van der Waals surface area contributed by atoms with Gasteiger partial charge in [-0.2, -0.15) is 0 Å². The molecule has 0 saturated heterocycles. The number of hydrogen-bond donors (Lipinski definition) is 1. The zero-order chi connectivity index (χ0) is 14.0. The monoisotopic (exact) mass is 272 g/mol. The summed E-state index contributed by atoms with van der Waals surface area (Å²) in [5.74, 6) is 0. The second kappa shape index (κ2) is 5.42. The summed E-state index contributed by atoms with van der Waals surface area (Å²) in [6.07, 6.45) is 4.61. The smallest absolute Gasteiger partial charge is 0.0124 e. The van der Waals surface area contributed by atoms with Gasteiger partial charge in [-0.1, -0.05) is 63.2 Å². The van der Waals surface area contributed by atoms with E-state index >= 15 is 0 Å². The van der Waals surface area contributed by atoms with Crippen LogP contribution in [0.15, 0.2) is 53.4 Å². The third-order valence-corrected chi connectivity index (χ3v) is 4.74. The van der Waals surface area contributed by atoms with Crippen molar-refractivity contribution in [3.05, 3.63) is 54.1 Å². The van der Waals surface area contributed by atoms with Gasteiger partial charge in [0.25, 0.3) is 0 Å². The summed E-state index contributed by atoms with van der Waals surface area (Å²) in [6.45, 7) is 6.79. The normalized spacial score (nSPS) is 12.4. The molecule has 0 aromatic heterocycles. The van der Waals surface area contributed by atoms with Gasteiger partial charge in [-0.3, -0.25) is 0 Å². The molecule has 0 aliphatic heterocycles. The molecule has 2 rings (SSSR count). The van der Waals surface area contributed by atoms with Crippen LogP contribution in [0.5, 0.6) is 0 Å². The molecule has 0 spiro atoms. The number of thiol groups is 1. The van der Waals surface area contributed by atoms with Gasteiger partial charge in [0.15, 0.2) is 0 Å². The first-order chi connectivity index (χ1) is 8.88. The molecule has 2 aromatic carbocycles. The van der Waals surface area contributed by atoms with Gasteiger partial charge < -0.3 is 0 Å². The van der Waals surface area contributed by atoms with E-state index in [-0.39, 0.29) is 16.3 Å². The molecule has 0 fully saturated rings. The molecule has 0 atom stereocenters. The highest BCUT2D eigenvalue weighted by atomic mass is 32.2. The van der Waals surface area contributed by atoms with Crippen LogP contribution in [0.3, 0.4) is 0 Å². The highest BCUT2D eigenvalue weighted by molar-refractivity contribution is 8.15. The van der Waals surface area contributed by atoms with Crippen molar-refractivity contribution >= 4 is 10.9 Å². The first-order valence-corrected chi connectivity index (χ1v) is 9.00. The van der Waals surface area contributed by atoms with E-state index in [1.54, 1.807) is 0 Å². The SMILES string of the molecule is C[SH](C)c1cccc(-c2cccc(C(C)(C)C)c2)c1. The van der Waals surface area contributed by atoms with Gasteiger partial charge in [-0.25, -0.2) is 10.9 Å². The first kappa shape index (κ1) is 14.2. The Kier molecular flexibility index (Phi) is 4.05. The maximum Gasteiger partial charge on any atom is -0.0124 e. The molecule has 0 heterocycles. The van der Waals surface area contributed by atoms with Crippen LogP contribution in [-0.2, 0) is 5.41 Å². The van der Waals surface area contributed by atoms with Crippen LogP contribution in [0.2, 0.25) is 0 Å². The number of hydrogen-bond acceptors (Lipinski definition) is 0. The topological polar surface area (TPSA) is 0 Å². The van der Waals surface area contributed by atoms with Gasteiger partial charge in [0.05, 0.1) is 0 Å². The van der Waals surface area contributed by atoms with E-state index in [2.05, 4.69) is 81.8 Å². The van der Waals surface area contributed by atoms with E-state index in [4.69, 9.17) is 0 Å². The van der Waals surface area contributed by atoms with Gasteiger partial charge >= 0.3 is 0 Å². The summed E-state index contributed by atoms with van der Waals surface area (Å²) in [5.41, 5.74) is 4.26. The fourth-order valence-corrected chi connectivity index (χ4v) is 2.91. The molecule has 0 aliphatic rings. The van der Waals surface area contributed by atoms with E-state index in [0.29, 0.717) is 0 Å². The molecule has 0 unspecified atom stereocenters. The number of benzene rings is 2. The summed E-state index contributed by atoms with van der Waals surface area (Å²) in [6, 6.07) is 17.9. The lowest BCUT2D eigenvalue weighted by molar-refractivity contribution is 0.590. The van der Waals surface area contributed by atoms with Crippen LogP contribution in [-0.4, -0.2) is 12.5 Å². The third-order valence-electron chi connectivity index (χ3n) is 3.42. The van der Waals surface area contributed by atoms with Crippen molar-refractivity contribution in [2.75, 3.05) is 12.5 Å². The molecule has 0 saturated carbocycles. The maximum atomic E-state index is 2.34. The number of rotatable bonds is 2. The average molecular weight is 272 g/mol. The van der Waals surface area contributed by atoms with Crippen molar-refractivity contribution in [1.29, 1.82) is 0 Å². The van der Waals surface area contributed by atoms with Gasteiger partial charge in [0.2, 0.25) is 0 Å². The molecule has 2 aromatic rings. The summed E-state index contributed by atoms with van der Waals surface area (Å²) in [5, 5.41) is 0. The Balaban J connectivity index is 2.45. The molecule has 1 heteroatoms. The largest absolute Gasteiger partial charge is 0.233 e. The van der Waals surface area contributed by atoms with Crippen molar-refractivity contribution < 1.29 is 0 Å². The summed E-state index contributed by atoms with van der Waals surface area (Å²) < 4.78 is 0. The van der Waals surface area contributed by atoms with E-state index in [0.717, 1.165) is 0 Å². The molecule has 0 radical (unpaired) electrons. The summed E-state index contributed by atoms with van der Waals surface area (Å²) >= 11 is 0. The molecule has 19 heavy (non-hydrogen) atoms. The van der Waals surface area contributed by atoms with Crippen molar-refractivity contribution in [3.8, 4) is 11.1 Å². The Morgan fingerprint density at radius 2 is 1.37 bits per heavy atom. The molecule has 0 bridgehead atoms. The van der Waals surface area contributed by atoms with Crippen molar-refractivity contribution in [1.82, 2.24) is 0 Å².